The lowest BCUT2D eigenvalue weighted by Gasteiger charge is -2.41. The summed E-state index contributed by atoms with van der Waals surface area (Å²) in [4.78, 5) is 15.1. The van der Waals surface area contributed by atoms with Crippen LogP contribution in [0.1, 0.15) is 50.4 Å². The lowest BCUT2D eigenvalue weighted by molar-refractivity contribution is 0.142. The Morgan fingerprint density at radius 3 is 2.39 bits per heavy atom. The van der Waals surface area contributed by atoms with E-state index in [4.69, 9.17) is 9.47 Å². The van der Waals surface area contributed by atoms with Gasteiger partial charge in [0, 0.05) is 24.7 Å². The number of urea groups is 1. The van der Waals surface area contributed by atoms with Crippen molar-refractivity contribution in [3.63, 3.8) is 0 Å². The average Bonchev–Trinajstić information content (AvgIpc) is 2.71. The third-order valence-corrected chi connectivity index (χ3v) is 5.58. The van der Waals surface area contributed by atoms with E-state index < -0.39 is 0 Å². The van der Waals surface area contributed by atoms with E-state index in [2.05, 4.69) is 58.9 Å². The van der Waals surface area contributed by atoms with Gasteiger partial charge in [-0.2, -0.15) is 0 Å². The Morgan fingerprint density at radius 2 is 1.77 bits per heavy atom. The third-order valence-electron chi connectivity index (χ3n) is 5.58. The van der Waals surface area contributed by atoms with Crippen LogP contribution in [0.15, 0.2) is 42.5 Å². The third kappa shape index (κ3) is 5.70. The second-order valence-electron chi connectivity index (χ2n) is 9.19. The number of methoxy groups -OCH3 is 2. The van der Waals surface area contributed by atoms with Gasteiger partial charge in [0.1, 0.15) is 0 Å². The Kier molecular flexibility index (Phi) is 7.11. The quantitative estimate of drug-likeness (QED) is 0.725. The lowest BCUT2D eigenvalue weighted by Crippen LogP contribution is -2.53. The van der Waals surface area contributed by atoms with Crippen molar-refractivity contribution in [1.82, 2.24) is 15.5 Å². The molecule has 0 aromatic heterocycles. The van der Waals surface area contributed by atoms with Crippen molar-refractivity contribution in [3.05, 3.63) is 59.2 Å². The van der Waals surface area contributed by atoms with Gasteiger partial charge in [-0.3, -0.25) is 4.90 Å². The summed E-state index contributed by atoms with van der Waals surface area (Å²) < 4.78 is 11.1. The van der Waals surface area contributed by atoms with Crippen LogP contribution in [0, 0.1) is 0 Å². The number of carbonyl (C=O) groups is 1. The summed E-state index contributed by atoms with van der Waals surface area (Å²) in [5.74, 6) is 1.45. The maximum atomic E-state index is 12.6. The minimum atomic E-state index is -0.297. The van der Waals surface area contributed by atoms with Gasteiger partial charge < -0.3 is 20.1 Å². The van der Waals surface area contributed by atoms with Gasteiger partial charge >= 0.3 is 6.03 Å². The first-order chi connectivity index (χ1) is 14.7. The number of fused-ring (bicyclic) bond motifs is 1. The normalized spacial score (nSPS) is 17.4. The molecule has 6 nitrogen and oxygen atoms in total. The molecule has 0 unspecified atom stereocenters. The summed E-state index contributed by atoms with van der Waals surface area (Å²) in [5, 5.41) is 6.17. The number of rotatable bonds is 6. The van der Waals surface area contributed by atoms with Crippen molar-refractivity contribution >= 4 is 6.03 Å². The average molecular weight is 426 g/mol. The van der Waals surface area contributed by atoms with E-state index >= 15 is 0 Å². The second-order valence-corrected chi connectivity index (χ2v) is 9.19. The molecule has 31 heavy (non-hydrogen) atoms. The molecular formula is C25H35N3O3. The molecule has 0 bridgehead atoms. The topological polar surface area (TPSA) is 62.8 Å². The first kappa shape index (κ1) is 22.9. The van der Waals surface area contributed by atoms with Crippen LogP contribution in [0.2, 0.25) is 0 Å². The standard InChI is InChI=1S/C25H35N3O3/c1-17(26-24(29)27-25(2,3)4)23-20-15-22(31-6)21(30-5)14-19(20)12-13-28(23)16-18-10-8-7-9-11-18/h7-11,14-15,17,23H,12-13,16H2,1-6H3,(H2,26,27,29)/t17-,23-/m0/s1. The van der Waals surface area contributed by atoms with Gasteiger partial charge in [-0.25, -0.2) is 4.79 Å². The van der Waals surface area contributed by atoms with Crippen molar-refractivity contribution in [2.24, 2.45) is 0 Å². The van der Waals surface area contributed by atoms with Crippen LogP contribution in [0.3, 0.4) is 0 Å². The number of carbonyl (C=O) groups excluding carboxylic acids is 1. The van der Waals surface area contributed by atoms with E-state index in [0.717, 1.165) is 25.3 Å². The Hall–Kier alpha value is -2.73. The largest absolute Gasteiger partial charge is 0.493 e. The fraction of sp³-hybridized carbons (Fsp3) is 0.480. The van der Waals surface area contributed by atoms with Gasteiger partial charge in [0.25, 0.3) is 0 Å². The summed E-state index contributed by atoms with van der Waals surface area (Å²) in [6, 6.07) is 14.3. The molecule has 0 saturated carbocycles. The van der Waals surface area contributed by atoms with E-state index in [1.54, 1.807) is 14.2 Å². The predicted octanol–water partition coefficient (Wildman–Crippen LogP) is 4.29. The summed E-state index contributed by atoms with van der Waals surface area (Å²) in [5.41, 5.74) is 3.36. The van der Waals surface area contributed by atoms with E-state index in [1.165, 1.54) is 16.7 Å². The molecule has 0 fully saturated rings. The summed E-state index contributed by atoms with van der Waals surface area (Å²) in [6.45, 7) is 9.71. The predicted molar refractivity (Wildman–Crippen MR) is 124 cm³/mol. The Morgan fingerprint density at radius 1 is 1.13 bits per heavy atom. The Balaban J connectivity index is 1.94. The SMILES string of the molecule is COc1cc2c(cc1OC)[C@H]([C@H](C)NC(=O)NC(C)(C)C)N(Cc1ccccc1)CC2. The molecule has 0 aliphatic carbocycles. The molecule has 2 amide bonds. The highest BCUT2D eigenvalue weighted by molar-refractivity contribution is 5.75. The molecular weight excluding hydrogens is 390 g/mol. The molecule has 2 N–H and O–H groups in total. The first-order valence-corrected chi connectivity index (χ1v) is 10.8. The van der Waals surface area contributed by atoms with Gasteiger partial charge in [0.2, 0.25) is 0 Å². The van der Waals surface area contributed by atoms with Gasteiger partial charge in [-0.1, -0.05) is 30.3 Å². The van der Waals surface area contributed by atoms with Crippen molar-refractivity contribution in [3.8, 4) is 11.5 Å². The minimum absolute atomic E-state index is 0.00878. The highest BCUT2D eigenvalue weighted by Gasteiger charge is 2.34. The molecule has 1 heterocycles. The molecule has 2 aromatic rings. The number of amides is 2. The van der Waals surface area contributed by atoms with Gasteiger partial charge in [-0.05, 0) is 62.9 Å². The monoisotopic (exact) mass is 425 g/mol. The van der Waals surface area contributed by atoms with Gasteiger partial charge in [-0.15, -0.1) is 0 Å². The van der Waals surface area contributed by atoms with Crippen molar-refractivity contribution < 1.29 is 14.3 Å². The second kappa shape index (κ2) is 9.60. The molecule has 0 spiro atoms. The van der Waals surface area contributed by atoms with E-state index in [0.29, 0.717) is 5.75 Å². The molecule has 1 aliphatic heterocycles. The van der Waals surface area contributed by atoms with Crippen LogP contribution in [-0.4, -0.2) is 43.3 Å². The zero-order chi connectivity index (χ0) is 22.6. The molecule has 168 valence electrons. The van der Waals surface area contributed by atoms with Crippen LogP contribution in [-0.2, 0) is 13.0 Å². The number of hydrogen-bond acceptors (Lipinski definition) is 4. The minimum Gasteiger partial charge on any atom is -0.493 e. The van der Waals surface area contributed by atoms with Crippen molar-refractivity contribution in [1.29, 1.82) is 0 Å². The summed E-state index contributed by atoms with van der Waals surface area (Å²) in [7, 11) is 3.32. The smallest absolute Gasteiger partial charge is 0.315 e. The number of benzene rings is 2. The fourth-order valence-electron chi connectivity index (χ4n) is 4.27. The first-order valence-electron chi connectivity index (χ1n) is 10.8. The molecule has 2 aromatic carbocycles. The highest BCUT2D eigenvalue weighted by Crippen LogP contribution is 2.40. The van der Waals surface area contributed by atoms with Gasteiger partial charge in [0.15, 0.2) is 11.5 Å². The van der Waals surface area contributed by atoms with Crippen LogP contribution in [0.25, 0.3) is 0 Å². The van der Waals surface area contributed by atoms with E-state index in [-0.39, 0.29) is 23.7 Å². The maximum Gasteiger partial charge on any atom is 0.315 e. The van der Waals surface area contributed by atoms with Crippen LogP contribution < -0.4 is 20.1 Å². The van der Waals surface area contributed by atoms with Crippen LogP contribution in [0.4, 0.5) is 4.79 Å². The molecule has 1 aliphatic rings. The number of hydrogen-bond donors (Lipinski definition) is 2. The summed E-state index contributed by atoms with van der Waals surface area (Å²) >= 11 is 0. The number of nitrogens with one attached hydrogen (secondary N) is 2. The van der Waals surface area contributed by atoms with Crippen molar-refractivity contribution in [2.75, 3.05) is 20.8 Å². The fourth-order valence-corrected chi connectivity index (χ4v) is 4.27. The van der Waals surface area contributed by atoms with Crippen LogP contribution in [0.5, 0.6) is 11.5 Å². The number of ether oxygens (including phenoxy) is 2. The lowest BCUT2D eigenvalue weighted by atomic mass is 9.87. The van der Waals surface area contributed by atoms with Crippen molar-refractivity contribution in [2.45, 2.75) is 58.3 Å². The molecule has 0 saturated heterocycles. The highest BCUT2D eigenvalue weighted by atomic mass is 16.5. The number of nitrogens with zero attached hydrogens (tertiary/aromatic N) is 1. The molecule has 6 heteroatoms. The zero-order valence-corrected chi connectivity index (χ0v) is 19.5. The van der Waals surface area contributed by atoms with E-state index in [1.807, 2.05) is 26.8 Å². The molecule has 3 rings (SSSR count). The molecule has 2 atom stereocenters. The maximum absolute atomic E-state index is 12.6. The van der Waals surface area contributed by atoms with E-state index in [9.17, 15) is 4.79 Å². The Bertz CT molecular complexity index is 893. The molecule has 0 radical (unpaired) electrons. The van der Waals surface area contributed by atoms with Crippen LogP contribution >= 0.6 is 0 Å². The van der Waals surface area contributed by atoms with Gasteiger partial charge in [0.05, 0.1) is 20.3 Å². The Labute approximate surface area is 185 Å². The summed E-state index contributed by atoms with van der Waals surface area (Å²) in [6.07, 6.45) is 0.917. The zero-order valence-electron chi connectivity index (χ0n) is 19.5.